The second kappa shape index (κ2) is 7.65. The summed E-state index contributed by atoms with van der Waals surface area (Å²) in [5.74, 6) is 0.601. The third kappa shape index (κ3) is 5.84. The third-order valence-electron chi connectivity index (χ3n) is 2.80. The van der Waals surface area contributed by atoms with E-state index in [-0.39, 0.29) is 5.82 Å². The predicted octanol–water partition coefficient (Wildman–Crippen LogP) is 4.09. The van der Waals surface area contributed by atoms with E-state index in [1.807, 2.05) is 0 Å². The molecule has 0 bridgehead atoms. The Balaban J connectivity index is 1.87. The molecule has 0 aliphatic heterocycles. The number of carbonyl (C=O) groups excluding carboxylic acids is 1. The molecule has 1 aromatic carbocycles. The van der Waals surface area contributed by atoms with E-state index >= 15 is 0 Å². The Morgan fingerprint density at radius 1 is 1.33 bits per heavy atom. The first-order chi connectivity index (χ1) is 11.2. The fourth-order valence-electron chi connectivity index (χ4n) is 1.73. The summed E-state index contributed by atoms with van der Waals surface area (Å²) in [5, 5.41) is 10.9. The van der Waals surface area contributed by atoms with Crippen molar-refractivity contribution < 1.29 is 18.3 Å². The summed E-state index contributed by atoms with van der Waals surface area (Å²) < 4.78 is 23.6. The van der Waals surface area contributed by atoms with Gasteiger partial charge in [-0.15, -0.1) is 10.2 Å². The van der Waals surface area contributed by atoms with Gasteiger partial charge in [0.25, 0.3) is 5.22 Å². The van der Waals surface area contributed by atoms with Crippen LogP contribution in [0.5, 0.6) is 0 Å². The number of aromatic nitrogens is 2. The highest BCUT2D eigenvalue weighted by Crippen LogP contribution is 2.23. The molecule has 0 unspecified atom stereocenters. The summed E-state index contributed by atoms with van der Waals surface area (Å²) in [6.45, 7) is 7.09. The van der Waals surface area contributed by atoms with Gasteiger partial charge in [0.05, 0.1) is 0 Å². The summed E-state index contributed by atoms with van der Waals surface area (Å²) in [6, 6.07) is 5.75. The van der Waals surface area contributed by atoms with Crippen LogP contribution in [0.3, 0.4) is 0 Å². The molecule has 0 radical (unpaired) electrons. The van der Waals surface area contributed by atoms with Gasteiger partial charge in [0.15, 0.2) is 0 Å². The first kappa shape index (κ1) is 18.3. The highest BCUT2D eigenvalue weighted by atomic mass is 32.2. The smallest absolute Gasteiger partial charge is 0.408 e. The molecule has 1 N–H and O–H groups in total. The summed E-state index contributed by atoms with van der Waals surface area (Å²) in [6.07, 6.45) is -0.547. The van der Waals surface area contributed by atoms with E-state index in [2.05, 4.69) is 15.5 Å². The SMILES string of the molecule is C[C@@H](NC(=O)OC(C)(C)C)c1nnc(SCc2ccc(F)cc2)o1. The van der Waals surface area contributed by atoms with Crippen LogP contribution in [0.4, 0.5) is 9.18 Å². The second-order valence-corrected chi connectivity index (χ2v) is 7.12. The number of carbonyl (C=O) groups is 1. The lowest BCUT2D eigenvalue weighted by molar-refractivity contribution is 0.0500. The predicted molar refractivity (Wildman–Crippen MR) is 88.0 cm³/mol. The fraction of sp³-hybridized carbons (Fsp3) is 0.438. The number of thioether (sulfide) groups is 1. The van der Waals surface area contributed by atoms with Crippen molar-refractivity contribution in [2.75, 3.05) is 0 Å². The number of alkyl carbamates (subject to hydrolysis) is 1. The van der Waals surface area contributed by atoms with E-state index in [0.29, 0.717) is 16.9 Å². The molecule has 0 saturated carbocycles. The van der Waals surface area contributed by atoms with Crippen LogP contribution in [-0.2, 0) is 10.5 Å². The van der Waals surface area contributed by atoms with Crippen molar-refractivity contribution in [1.82, 2.24) is 15.5 Å². The lowest BCUT2D eigenvalue weighted by Gasteiger charge is -2.20. The lowest BCUT2D eigenvalue weighted by Crippen LogP contribution is -2.34. The van der Waals surface area contributed by atoms with E-state index in [1.165, 1.54) is 23.9 Å². The average Bonchev–Trinajstić information content (AvgIpc) is 2.93. The average molecular weight is 353 g/mol. The van der Waals surface area contributed by atoms with Gasteiger partial charge in [-0.2, -0.15) is 0 Å². The second-order valence-electron chi connectivity index (χ2n) is 6.19. The van der Waals surface area contributed by atoms with Crippen LogP contribution >= 0.6 is 11.8 Å². The minimum Gasteiger partial charge on any atom is -0.444 e. The molecule has 0 aliphatic carbocycles. The zero-order chi connectivity index (χ0) is 17.7. The van der Waals surface area contributed by atoms with Crippen LogP contribution < -0.4 is 5.32 Å². The summed E-state index contributed by atoms with van der Waals surface area (Å²) in [4.78, 5) is 11.7. The van der Waals surface area contributed by atoms with Crippen molar-refractivity contribution in [3.05, 3.63) is 41.5 Å². The molecule has 1 aromatic heterocycles. The van der Waals surface area contributed by atoms with Gasteiger partial charge < -0.3 is 14.5 Å². The van der Waals surface area contributed by atoms with E-state index in [1.54, 1.807) is 39.8 Å². The standard InChI is InChI=1S/C16H20FN3O3S/c1-10(18-14(21)23-16(2,3)4)13-19-20-15(22-13)24-9-11-5-7-12(17)8-6-11/h5-8,10H,9H2,1-4H3,(H,18,21)/t10-/m1/s1. The van der Waals surface area contributed by atoms with Gasteiger partial charge in [0.2, 0.25) is 5.89 Å². The summed E-state index contributed by atoms with van der Waals surface area (Å²) in [5.41, 5.74) is 0.371. The molecule has 2 rings (SSSR count). The van der Waals surface area contributed by atoms with Crippen LogP contribution in [0, 0.1) is 5.82 Å². The van der Waals surface area contributed by atoms with Crippen LogP contribution in [-0.4, -0.2) is 21.9 Å². The Labute approximate surface area is 144 Å². The Morgan fingerprint density at radius 3 is 2.62 bits per heavy atom. The lowest BCUT2D eigenvalue weighted by atomic mass is 10.2. The maximum Gasteiger partial charge on any atom is 0.408 e. The number of amides is 1. The number of benzene rings is 1. The summed E-state index contributed by atoms with van der Waals surface area (Å²) >= 11 is 1.34. The first-order valence-corrected chi connectivity index (χ1v) is 8.41. The third-order valence-corrected chi connectivity index (χ3v) is 3.69. The monoisotopic (exact) mass is 353 g/mol. The maximum absolute atomic E-state index is 12.9. The van der Waals surface area contributed by atoms with Crippen LogP contribution in [0.25, 0.3) is 0 Å². The number of ether oxygens (including phenoxy) is 1. The molecule has 24 heavy (non-hydrogen) atoms. The number of rotatable bonds is 5. The molecule has 1 atom stereocenters. The number of halogens is 1. The van der Waals surface area contributed by atoms with Gasteiger partial charge in [-0.05, 0) is 45.4 Å². The van der Waals surface area contributed by atoms with Crippen LogP contribution in [0.15, 0.2) is 33.9 Å². The van der Waals surface area contributed by atoms with Crippen molar-refractivity contribution in [1.29, 1.82) is 0 Å². The molecule has 130 valence electrons. The number of nitrogens with one attached hydrogen (secondary N) is 1. The zero-order valence-electron chi connectivity index (χ0n) is 14.0. The van der Waals surface area contributed by atoms with Crippen molar-refractivity contribution in [2.45, 2.75) is 50.3 Å². The first-order valence-electron chi connectivity index (χ1n) is 7.43. The number of hydrogen-bond donors (Lipinski definition) is 1. The molecular formula is C16H20FN3O3S. The van der Waals surface area contributed by atoms with Crippen molar-refractivity contribution >= 4 is 17.9 Å². The van der Waals surface area contributed by atoms with Gasteiger partial charge in [-0.1, -0.05) is 23.9 Å². The molecule has 6 nitrogen and oxygen atoms in total. The summed E-state index contributed by atoms with van der Waals surface area (Å²) in [7, 11) is 0. The van der Waals surface area contributed by atoms with Gasteiger partial charge in [0, 0.05) is 5.75 Å². The quantitative estimate of drug-likeness (QED) is 0.816. The van der Waals surface area contributed by atoms with E-state index in [9.17, 15) is 9.18 Å². The molecule has 0 saturated heterocycles. The molecule has 2 aromatic rings. The molecule has 8 heteroatoms. The van der Waals surface area contributed by atoms with E-state index < -0.39 is 17.7 Å². The molecule has 0 fully saturated rings. The van der Waals surface area contributed by atoms with Crippen molar-refractivity contribution in [3.63, 3.8) is 0 Å². The maximum atomic E-state index is 12.9. The Bertz CT molecular complexity index is 683. The molecule has 0 spiro atoms. The number of hydrogen-bond acceptors (Lipinski definition) is 6. The van der Waals surface area contributed by atoms with Gasteiger partial charge in [-0.25, -0.2) is 9.18 Å². The van der Waals surface area contributed by atoms with Crippen molar-refractivity contribution in [3.8, 4) is 0 Å². The highest BCUT2D eigenvalue weighted by Gasteiger charge is 2.21. The molecule has 1 amide bonds. The minimum absolute atomic E-state index is 0.272. The van der Waals surface area contributed by atoms with Crippen molar-refractivity contribution in [2.24, 2.45) is 0 Å². The number of nitrogens with zero attached hydrogens (tertiary/aromatic N) is 2. The Kier molecular flexibility index (Phi) is 5.82. The molecular weight excluding hydrogens is 333 g/mol. The Morgan fingerprint density at radius 2 is 2.00 bits per heavy atom. The highest BCUT2D eigenvalue weighted by molar-refractivity contribution is 7.98. The normalized spacial score (nSPS) is 12.7. The van der Waals surface area contributed by atoms with Crippen LogP contribution in [0.2, 0.25) is 0 Å². The minimum atomic E-state index is -0.575. The van der Waals surface area contributed by atoms with E-state index in [4.69, 9.17) is 9.15 Å². The van der Waals surface area contributed by atoms with Crippen LogP contribution in [0.1, 0.15) is 45.2 Å². The molecule has 1 heterocycles. The fourth-order valence-corrected chi connectivity index (χ4v) is 2.45. The largest absolute Gasteiger partial charge is 0.444 e. The zero-order valence-corrected chi connectivity index (χ0v) is 14.8. The van der Waals surface area contributed by atoms with Gasteiger partial charge >= 0.3 is 6.09 Å². The van der Waals surface area contributed by atoms with Gasteiger partial charge in [-0.3, -0.25) is 0 Å². The Hall–Kier alpha value is -2.09. The topological polar surface area (TPSA) is 77.2 Å². The van der Waals surface area contributed by atoms with Gasteiger partial charge in [0.1, 0.15) is 17.5 Å². The molecule has 0 aliphatic rings. The van der Waals surface area contributed by atoms with E-state index in [0.717, 1.165) is 5.56 Å².